The van der Waals surface area contributed by atoms with Crippen LogP contribution in [0.2, 0.25) is 0 Å². The average molecular weight is 232 g/mol. The largest absolute Gasteiger partial charge is 0.281 e. The maximum atomic E-state index is 11.0. The first-order chi connectivity index (χ1) is 6.87. The third kappa shape index (κ3) is 2.95. The molecule has 0 bridgehead atoms. The predicted molar refractivity (Wildman–Crippen MR) is 60.1 cm³/mol. The molecule has 1 saturated carbocycles. The van der Waals surface area contributed by atoms with E-state index in [1.807, 2.05) is 13.8 Å². The van der Waals surface area contributed by atoms with Crippen LogP contribution in [0.4, 0.5) is 0 Å². The van der Waals surface area contributed by atoms with Gasteiger partial charge in [0, 0.05) is 11.6 Å². The van der Waals surface area contributed by atoms with Crippen molar-refractivity contribution in [3.63, 3.8) is 0 Å². The lowest BCUT2D eigenvalue weighted by molar-refractivity contribution is -0.113. The van der Waals surface area contributed by atoms with E-state index in [0.717, 1.165) is 5.57 Å². The smallest absolute Gasteiger partial charge is 0.229 e. The number of hydrogen-bond donors (Lipinski definition) is 1. The van der Waals surface area contributed by atoms with E-state index in [2.05, 4.69) is 19.3 Å². The highest BCUT2D eigenvalue weighted by Crippen LogP contribution is 2.58. The van der Waals surface area contributed by atoms with Gasteiger partial charge in [-0.25, -0.2) is 0 Å². The van der Waals surface area contributed by atoms with Gasteiger partial charge in [0.25, 0.3) is 0 Å². The van der Waals surface area contributed by atoms with Crippen LogP contribution in [0.15, 0.2) is 11.8 Å². The molecule has 0 aromatic carbocycles. The Morgan fingerprint density at radius 3 is 2.67 bits per heavy atom. The van der Waals surface area contributed by atoms with Crippen molar-refractivity contribution >= 4 is 16.8 Å². The highest BCUT2D eigenvalue weighted by atomic mass is 35.5. The van der Waals surface area contributed by atoms with Gasteiger partial charge in [0.1, 0.15) is 0 Å². The molecule has 1 aliphatic rings. The fourth-order valence-electron chi connectivity index (χ4n) is 1.58. The molecule has 1 aliphatic carbocycles. The minimum Gasteiger partial charge on any atom is -0.281 e. The molecule has 1 rings (SSSR count). The Morgan fingerprint density at radius 2 is 2.27 bits per heavy atom. The first-order valence-corrected chi connectivity index (χ1v) is 5.52. The minimum atomic E-state index is -0.295. The molecule has 1 fully saturated rings. The van der Waals surface area contributed by atoms with Gasteiger partial charge in [0.15, 0.2) is 0 Å². The summed E-state index contributed by atoms with van der Waals surface area (Å²) in [5, 5.41) is -0.295. The highest BCUT2D eigenvalue weighted by Gasteiger charge is 2.56. The summed E-state index contributed by atoms with van der Waals surface area (Å²) in [5.41, 5.74) is 3.63. The normalized spacial score (nSPS) is 25.7. The first-order valence-electron chi connectivity index (χ1n) is 5.14. The molecule has 0 saturated heterocycles. The van der Waals surface area contributed by atoms with Crippen molar-refractivity contribution in [1.82, 2.24) is 5.48 Å². The SMILES string of the molecule is CC(C)CONC=C1C(C(=O)Cl)C1(C)C. The van der Waals surface area contributed by atoms with Crippen molar-refractivity contribution < 1.29 is 9.63 Å². The summed E-state index contributed by atoms with van der Waals surface area (Å²) < 4.78 is 0. The quantitative estimate of drug-likeness (QED) is 0.449. The van der Waals surface area contributed by atoms with E-state index >= 15 is 0 Å². The first kappa shape index (κ1) is 12.5. The number of rotatable bonds is 5. The van der Waals surface area contributed by atoms with Gasteiger partial charge in [0.2, 0.25) is 5.24 Å². The summed E-state index contributed by atoms with van der Waals surface area (Å²) >= 11 is 5.47. The van der Waals surface area contributed by atoms with Crippen LogP contribution < -0.4 is 5.48 Å². The molecule has 15 heavy (non-hydrogen) atoms. The molecule has 1 atom stereocenters. The van der Waals surface area contributed by atoms with E-state index in [0.29, 0.717) is 12.5 Å². The summed E-state index contributed by atoms with van der Waals surface area (Å²) in [6.45, 7) is 8.77. The second-order valence-corrected chi connectivity index (χ2v) is 5.25. The number of hydroxylamine groups is 1. The van der Waals surface area contributed by atoms with Gasteiger partial charge in [-0.2, -0.15) is 0 Å². The number of carbonyl (C=O) groups is 1. The zero-order valence-corrected chi connectivity index (χ0v) is 10.4. The van der Waals surface area contributed by atoms with Crippen LogP contribution in [0.5, 0.6) is 0 Å². The van der Waals surface area contributed by atoms with Gasteiger partial charge in [-0.15, -0.1) is 0 Å². The van der Waals surface area contributed by atoms with E-state index in [-0.39, 0.29) is 16.6 Å². The van der Waals surface area contributed by atoms with E-state index in [4.69, 9.17) is 16.4 Å². The zero-order valence-electron chi connectivity index (χ0n) is 9.63. The van der Waals surface area contributed by atoms with Crippen LogP contribution >= 0.6 is 11.6 Å². The maximum Gasteiger partial charge on any atom is 0.229 e. The Labute approximate surface area is 95.8 Å². The van der Waals surface area contributed by atoms with Gasteiger partial charge in [-0.1, -0.05) is 27.7 Å². The van der Waals surface area contributed by atoms with Crippen LogP contribution in [0.3, 0.4) is 0 Å². The van der Waals surface area contributed by atoms with Crippen molar-refractivity contribution in [1.29, 1.82) is 0 Å². The molecule has 1 N–H and O–H groups in total. The number of carbonyl (C=O) groups excluding carboxylic acids is 1. The van der Waals surface area contributed by atoms with E-state index in [1.165, 1.54) is 0 Å². The molecule has 0 heterocycles. The molecule has 1 unspecified atom stereocenters. The highest BCUT2D eigenvalue weighted by molar-refractivity contribution is 6.65. The Bertz CT molecular complexity index is 284. The topological polar surface area (TPSA) is 38.3 Å². The van der Waals surface area contributed by atoms with Gasteiger partial charge < -0.3 is 0 Å². The zero-order chi connectivity index (χ0) is 11.6. The molecule has 3 nitrogen and oxygen atoms in total. The third-order valence-electron chi connectivity index (χ3n) is 2.63. The molecular weight excluding hydrogens is 214 g/mol. The van der Waals surface area contributed by atoms with Crippen LogP contribution in [0, 0.1) is 17.3 Å². The van der Waals surface area contributed by atoms with Crippen LogP contribution in [-0.2, 0) is 9.63 Å². The van der Waals surface area contributed by atoms with Gasteiger partial charge in [0.05, 0.1) is 12.5 Å². The monoisotopic (exact) mass is 231 g/mol. The molecule has 0 amide bonds. The van der Waals surface area contributed by atoms with Gasteiger partial charge in [-0.3, -0.25) is 15.1 Å². The van der Waals surface area contributed by atoms with Crippen molar-refractivity contribution in [2.75, 3.05) is 6.61 Å². The minimum absolute atomic E-state index is 0.118. The molecule has 86 valence electrons. The lowest BCUT2D eigenvalue weighted by Gasteiger charge is -2.04. The average Bonchev–Trinajstić information content (AvgIpc) is 2.62. The second-order valence-electron chi connectivity index (χ2n) is 4.88. The number of allylic oxidation sites excluding steroid dienone is 1. The summed E-state index contributed by atoms with van der Waals surface area (Å²) in [4.78, 5) is 16.2. The summed E-state index contributed by atoms with van der Waals surface area (Å²) in [6.07, 6.45) is 1.74. The Morgan fingerprint density at radius 1 is 1.67 bits per heavy atom. The Kier molecular flexibility index (Phi) is 3.79. The van der Waals surface area contributed by atoms with Crippen molar-refractivity contribution in [3.05, 3.63) is 11.8 Å². The third-order valence-corrected chi connectivity index (χ3v) is 2.85. The molecule has 0 spiro atoms. The number of nitrogens with one attached hydrogen (secondary N) is 1. The number of halogens is 1. The van der Waals surface area contributed by atoms with E-state index in [9.17, 15) is 4.79 Å². The molecule has 0 aromatic rings. The summed E-state index contributed by atoms with van der Waals surface area (Å²) in [6, 6.07) is 0. The van der Waals surface area contributed by atoms with Crippen LogP contribution in [-0.4, -0.2) is 11.8 Å². The van der Waals surface area contributed by atoms with Crippen molar-refractivity contribution in [2.24, 2.45) is 17.3 Å². The second kappa shape index (κ2) is 4.54. The van der Waals surface area contributed by atoms with Crippen molar-refractivity contribution in [2.45, 2.75) is 27.7 Å². The molecule has 4 heteroatoms. The molecular formula is C11H18ClNO2. The van der Waals surface area contributed by atoms with Crippen molar-refractivity contribution in [3.8, 4) is 0 Å². The molecule has 0 aromatic heterocycles. The van der Waals surface area contributed by atoms with Gasteiger partial charge >= 0.3 is 0 Å². The van der Waals surface area contributed by atoms with E-state index < -0.39 is 0 Å². The van der Waals surface area contributed by atoms with Gasteiger partial charge in [-0.05, 0) is 23.1 Å². The van der Waals surface area contributed by atoms with E-state index in [1.54, 1.807) is 6.20 Å². The Balaban J connectivity index is 2.39. The van der Waals surface area contributed by atoms with Crippen LogP contribution in [0.25, 0.3) is 0 Å². The van der Waals surface area contributed by atoms with Crippen LogP contribution in [0.1, 0.15) is 27.7 Å². The fraction of sp³-hybridized carbons (Fsp3) is 0.727. The standard InChI is InChI=1S/C11H18ClNO2/c1-7(2)6-15-13-5-8-9(10(12)14)11(8,3)4/h5,7,9,13H,6H2,1-4H3. The lowest BCUT2D eigenvalue weighted by atomic mass is 10.1. The fourth-order valence-corrected chi connectivity index (χ4v) is 1.97. The number of hydrogen-bond acceptors (Lipinski definition) is 3. The molecule has 0 radical (unpaired) electrons. The molecule has 0 aliphatic heterocycles. The summed E-state index contributed by atoms with van der Waals surface area (Å²) in [5.74, 6) is 0.322. The Hall–Kier alpha value is -0.540. The predicted octanol–water partition coefficient (Wildman–Crippen LogP) is 2.47. The maximum absolute atomic E-state index is 11.0. The summed E-state index contributed by atoms with van der Waals surface area (Å²) in [7, 11) is 0. The lowest BCUT2D eigenvalue weighted by Crippen LogP contribution is -2.11.